The third kappa shape index (κ3) is 1.89. The molecule has 2 nitrogen and oxygen atoms in total. The number of benzene rings is 2. The summed E-state index contributed by atoms with van der Waals surface area (Å²) in [6.45, 7) is 4.30. The van der Waals surface area contributed by atoms with Crippen LogP contribution in [0.1, 0.15) is 11.1 Å². The molecule has 0 aliphatic heterocycles. The normalized spacial score (nSPS) is 10.9. The molecule has 0 bridgehead atoms. The fourth-order valence-electron chi connectivity index (χ4n) is 2.61. The largest absolute Gasteiger partial charge is 0.287 e. The number of hydrogen-bond acceptors (Lipinski definition) is 1. The molecule has 0 atom stereocenters. The second-order valence-electron chi connectivity index (χ2n) is 4.99. The average Bonchev–Trinajstić information content (AvgIpc) is 2.41. The summed E-state index contributed by atoms with van der Waals surface area (Å²) in [7, 11) is 2.06. The second kappa shape index (κ2) is 4.47. The van der Waals surface area contributed by atoms with Crippen LogP contribution in [0.5, 0.6) is 0 Å². The first kappa shape index (κ1) is 11.8. The van der Waals surface area contributed by atoms with Crippen LogP contribution in [-0.4, -0.2) is 4.98 Å². The maximum Gasteiger partial charge on any atom is 0.287 e. The predicted molar refractivity (Wildman–Crippen MR) is 77.8 cm³/mol. The van der Waals surface area contributed by atoms with E-state index in [0.717, 1.165) is 5.52 Å². The summed E-state index contributed by atoms with van der Waals surface area (Å²) in [4.78, 5) is 4.52. The van der Waals surface area contributed by atoms with Gasteiger partial charge in [0.25, 0.3) is 6.33 Å². The third-order valence-corrected chi connectivity index (χ3v) is 3.61. The Hall–Kier alpha value is -2.22. The zero-order chi connectivity index (χ0) is 13.4. The summed E-state index contributed by atoms with van der Waals surface area (Å²) >= 11 is 0. The van der Waals surface area contributed by atoms with Crippen molar-refractivity contribution in [2.75, 3.05) is 0 Å². The van der Waals surface area contributed by atoms with Crippen LogP contribution in [0.4, 0.5) is 0 Å². The highest BCUT2D eigenvalue weighted by Crippen LogP contribution is 2.28. The summed E-state index contributed by atoms with van der Waals surface area (Å²) in [5.41, 5.74) is 6.11. The molecule has 0 radical (unpaired) electrons. The average molecular weight is 249 g/mol. The van der Waals surface area contributed by atoms with E-state index in [2.05, 4.69) is 72.9 Å². The van der Waals surface area contributed by atoms with Gasteiger partial charge in [-0.05, 0) is 36.0 Å². The summed E-state index contributed by atoms with van der Waals surface area (Å²) in [5.74, 6) is 0. The smallest absolute Gasteiger partial charge is 0.232 e. The van der Waals surface area contributed by atoms with E-state index in [4.69, 9.17) is 0 Å². The van der Waals surface area contributed by atoms with Gasteiger partial charge in [0.2, 0.25) is 0 Å². The SMILES string of the molecule is Cc1ccccc1-c1c2c(C)cccc2nc[n+]1C. The Morgan fingerprint density at radius 2 is 1.63 bits per heavy atom. The highest BCUT2D eigenvalue weighted by molar-refractivity contribution is 5.93. The lowest BCUT2D eigenvalue weighted by atomic mass is 9.99. The number of hydrogen-bond donors (Lipinski definition) is 0. The van der Waals surface area contributed by atoms with Crippen molar-refractivity contribution in [3.63, 3.8) is 0 Å². The Morgan fingerprint density at radius 1 is 0.895 bits per heavy atom. The van der Waals surface area contributed by atoms with Gasteiger partial charge in [0.15, 0.2) is 5.52 Å². The molecule has 2 heteroatoms. The maximum absolute atomic E-state index is 4.52. The Bertz CT molecular complexity index is 760. The highest BCUT2D eigenvalue weighted by Gasteiger charge is 2.17. The first-order valence-electron chi connectivity index (χ1n) is 6.48. The maximum atomic E-state index is 4.52. The van der Waals surface area contributed by atoms with Gasteiger partial charge in [-0.2, -0.15) is 0 Å². The van der Waals surface area contributed by atoms with Crippen LogP contribution < -0.4 is 4.57 Å². The van der Waals surface area contributed by atoms with Crippen LogP contribution in [-0.2, 0) is 7.05 Å². The van der Waals surface area contributed by atoms with Gasteiger partial charge in [0.05, 0.1) is 12.4 Å². The zero-order valence-electron chi connectivity index (χ0n) is 11.5. The van der Waals surface area contributed by atoms with Crippen molar-refractivity contribution in [2.24, 2.45) is 7.05 Å². The van der Waals surface area contributed by atoms with Crippen molar-refractivity contribution in [2.45, 2.75) is 13.8 Å². The lowest BCUT2D eigenvalue weighted by Gasteiger charge is -2.09. The van der Waals surface area contributed by atoms with Gasteiger partial charge >= 0.3 is 0 Å². The number of nitrogens with zero attached hydrogens (tertiary/aromatic N) is 2. The van der Waals surface area contributed by atoms with Gasteiger partial charge in [0, 0.05) is 5.56 Å². The Kier molecular flexibility index (Phi) is 2.79. The molecule has 19 heavy (non-hydrogen) atoms. The summed E-state index contributed by atoms with van der Waals surface area (Å²) in [6, 6.07) is 14.8. The van der Waals surface area contributed by atoms with Crippen molar-refractivity contribution in [3.05, 3.63) is 59.9 Å². The molecule has 1 aromatic heterocycles. The van der Waals surface area contributed by atoms with Crippen LogP contribution in [0.25, 0.3) is 22.2 Å². The second-order valence-corrected chi connectivity index (χ2v) is 4.99. The summed E-state index contributed by atoms with van der Waals surface area (Å²) in [6.07, 6.45) is 1.89. The van der Waals surface area contributed by atoms with Gasteiger partial charge in [-0.25, -0.2) is 4.57 Å². The molecule has 0 amide bonds. The minimum atomic E-state index is 1.05. The number of fused-ring (bicyclic) bond motifs is 1. The highest BCUT2D eigenvalue weighted by atomic mass is 15.0. The van der Waals surface area contributed by atoms with Crippen LogP contribution in [0, 0.1) is 13.8 Å². The van der Waals surface area contributed by atoms with Crippen molar-refractivity contribution >= 4 is 10.9 Å². The van der Waals surface area contributed by atoms with E-state index in [1.807, 2.05) is 6.33 Å². The molecule has 0 saturated carbocycles. The van der Waals surface area contributed by atoms with Crippen molar-refractivity contribution in [3.8, 4) is 11.3 Å². The van der Waals surface area contributed by atoms with Crippen LogP contribution in [0.2, 0.25) is 0 Å². The topological polar surface area (TPSA) is 16.8 Å². The van der Waals surface area contributed by atoms with Crippen LogP contribution in [0.3, 0.4) is 0 Å². The lowest BCUT2D eigenvalue weighted by molar-refractivity contribution is -0.662. The lowest BCUT2D eigenvalue weighted by Crippen LogP contribution is -2.32. The molecule has 0 fully saturated rings. The molecular weight excluding hydrogens is 232 g/mol. The Morgan fingerprint density at radius 3 is 2.42 bits per heavy atom. The standard InChI is InChI=1S/C17H17N2/c1-12-7-4-5-9-14(12)17-16-13(2)8-6-10-15(16)18-11-19(17)3/h4-11H,1-3H3/q+1. The van der Waals surface area contributed by atoms with E-state index in [1.165, 1.54) is 27.8 Å². The molecule has 1 heterocycles. The van der Waals surface area contributed by atoms with Crippen LogP contribution in [0.15, 0.2) is 48.8 Å². The van der Waals surface area contributed by atoms with Gasteiger partial charge in [0.1, 0.15) is 5.69 Å². The molecule has 94 valence electrons. The fraction of sp³-hybridized carbons (Fsp3) is 0.176. The van der Waals surface area contributed by atoms with Crippen molar-refractivity contribution < 1.29 is 4.57 Å². The number of aromatic nitrogens is 2. The molecule has 0 aliphatic rings. The van der Waals surface area contributed by atoms with E-state index in [0.29, 0.717) is 0 Å². The minimum Gasteiger partial charge on any atom is -0.232 e. The van der Waals surface area contributed by atoms with Gasteiger partial charge in [-0.3, -0.25) is 0 Å². The van der Waals surface area contributed by atoms with Gasteiger partial charge in [-0.1, -0.05) is 36.4 Å². The predicted octanol–water partition coefficient (Wildman–Crippen LogP) is 3.34. The zero-order valence-corrected chi connectivity index (χ0v) is 11.5. The molecule has 3 rings (SSSR count). The van der Waals surface area contributed by atoms with Crippen LogP contribution >= 0.6 is 0 Å². The Labute approximate surface area is 113 Å². The first-order valence-corrected chi connectivity index (χ1v) is 6.48. The summed E-state index contributed by atoms with van der Waals surface area (Å²) in [5, 5.41) is 1.24. The molecule has 3 aromatic rings. The van der Waals surface area contributed by atoms with E-state index >= 15 is 0 Å². The molecule has 0 N–H and O–H groups in total. The molecule has 2 aromatic carbocycles. The van der Waals surface area contributed by atoms with E-state index in [9.17, 15) is 0 Å². The molecule has 0 unspecified atom stereocenters. The third-order valence-electron chi connectivity index (χ3n) is 3.61. The summed E-state index contributed by atoms with van der Waals surface area (Å²) < 4.78 is 2.11. The minimum absolute atomic E-state index is 1.05. The van der Waals surface area contributed by atoms with Gasteiger partial charge in [-0.15, -0.1) is 0 Å². The van der Waals surface area contributed by atoms with E-state index in [1.54, 1.807) is 0 Å². The van der Waals surface area contributed by atoms with Crippen molar-refractivity contribution in [1.82, 2.24) is 4.98 Å². The monoisotopic (exact) mass is 249 g/mol. The molecule has 0 spiro atoms. The first-order chi connectivity index (χ1) is 9.18. The quantitative estimate of drug-likeness (QED) is 0.604. The van der Waals surface area contributed by atoms with E-state index < -0.39 is 0 Å². The van der Waals surface area contributed by atoms with Gasteiger partial charge < -0.3 is 0 Å². The molecule has 0 aliphatic carbocycles. The van der Waals surface area contributed by atoms with Crippen molar-refractivity contribution in [1.29, 1.82) is 0 Å². The fourth-order valence-corrected chi connectivity index (χ4v) is 2.61. The molecule has 0 saturated heterocycles. The van der Waals surface area contributed by atoms with E-state index in [-0.39, 0.29) is 0 Å². The number of rotatable bonds is 1. The Balaban J connectivity index is 2.47. The molecular formula is C17H17N2+. The number of aryl methyl sites for hydroxylation is 3.